The summed E-state index contributed by atoms with van der Waals surface area (Å²) in [6.45, 7) is 0. The molecule has 0 aliphatic heterocycles. The molecular weight excluding hydrogens is 232 g/mol. The molecule has 2 rings (SSSR count). The van der Waals surface area contributed by atoms with Crippen molar-refractivity contribution in [2.24, 2.45) is 5.92 Å². The quantitative estimate of drug-likeness (QED) is 0.845. The number of ether oxygens (including phenoxy) is 3. The van der Waals surface area contributed by atoms with Crippen LogP contribution < -0.4 is 14.2 Å². The molecule has 4 nitrogen and oxygen atoms in total. The van der Waals surface area contributed by atoms with E-state index >= 15 is 0 Å². The van der Waals surface area contributed by atoms with Gasteiger partial charge in [-0.05, 0) is 30.0 Å². The van der Waals surface area contributed by atoms with Crippen molar-refractivity contribution in [1.29, 1.82) is 0 Å². The number of benzene rings is 1. The molecule has 0 bridgehead atoms. The molecule has 1 aliphatic rings. The van der Waals surface area contributed by atoms with E-state index in [0.717, 1.165) is 12.0 Å². The van der Waals surface area contributed by atoms with Crippen molar-refractivity contribution >= 4 is 0 Å². The van der Waals surface area contributed by atoms with E-state index in [1.807, 2.05) is 12.1 Å². The van der Waals surface area contributed by atoms with Gasteiger partial charge in [-0.25, -0.2) is 0 Å². The first-order valence-corrected chi connectivity index (χ1v) is 6.17. The summed E-state index contributed by atoms with van der Waals surface area (Å²) >= 11 is 0. The van der Waals surface area contributed by atoms with E-state index < -0.39 is 6.10 Å². The lowest BCUT2D eigenvalue weighted by Gasteiger charge is -2.17. The van der Waals surface area contributed by atoms with Gasteiger partial charge in [0.25, 0.3) is 0 Å². The summed E-state index contributed by atoms with van der Waals surface area (Å²) in [5.41, 5.74) is 0.816. The second-order valence-corrected chi connectivity index (χ2v) is 4.65. The van der Waals surface area contributed by atoms with E-state index in [-0.39, 0.29) is 0 Å². The Kier molecular flexibility index (Phi) is 3.97. The maximum atomic E-state index is 10.2. The molecule has 0 amide bonds. The number of rotatable bonds is 6. The van der Waals surface area contributed by atoms with Gasteiger partial charge in [-0.2, -0.15) is 0 Å². The highest BCUT2D eigenvalue weighted by molar-refractivity contribution is 5.54. The van der Waals surface area contributed by atoms with Gasteiger partial charge >= 0.3 is 0 Å². The summed E-state index contributed by atoms with van der Waals surface area (Å²) in [5, 5.41) is 10.2. The van der Waals surface area contributed by atoms with Gasteiger partial charge in [-0.1, -0.05) is 12.8 Å². The van der Waals surface area contributed by atoms with Crippen LogP contribution >= 0.6 is 0 Å². The summed E-state index contributed by atoms with van der Waals surface area (Å²) in [4.78, 5) is 0. The van der Waals surface area contributed by atoms with Gasteiger partial charge in [0.15, 0.2) is 11.5 Å². The van der Waals surface area contributed by atoms with E-state index in [1.54, 1.807) is 21.3 Å². The summed E-state index contributed by atoms with van der Waals surface area (Å²) < 4.78 is 15.8. The molecule has 0 spiro atoms. The lowest BCUT2D eigenvalue weighted by Crippen LogP contribution is -2.02. The lowest BCUT2D eigenvalue weighted by atomic mass is 10.0. The van der Waals surface area contributed by atoms with Crippen molar-refractivity contribution < 1.29 is 19.3 Å². The Labute approximate surface area is 107 Å². The van der Waals surface area contributed by atoms with E-state index in [4.69, 9.17) is 14.2 Å². The molecular formula is C14H20O4. The lowest BCUT2D eigenvalue weighted by molar-refractivity contribution is 0.159. The molecule has 0 heterocycles. The average Bonchev–Trinajstić information content (AvgIpc) is 3.20. The minimum absolute atomic E-state index is 0.466. The second kappa shape index (κ2) is 5.48. The third-order valence-corrected chi connectivity index (χ3v) is 3.33. The van der Waals surface area contributed by atoms with Gasteiger partial charge in [0.05, 0.1) is 27.4 Å². The van der Waals surface area contributed by atoms with Gasteiger partial charge in [0, 0.05) is 0 Å². The Morgan fingerprint density at radius 2 is 1.67 bits per heavy atom. The predicted molar refractivity (Wildman–Crippen MR) is 68.4 cm³/mol. The summed E-state index contributed by atoms with van der Waals surface area (Å²) in [5.74, 6) is 2.39. The molecule has 1 saturated carbocycles. The number of aliphatic hydroxyl groups excluding tert-OH is 1. The maximum absolute atomic E-state index is 10.2. The third-order valence-electron chi connectivity index (χ3n) is 3.33. The topological polar surface area (TPSA) is 47.9 Å². The molecule has 0 radical (unpaired) electrons. The number of methoxy groups -OCH3 is 3. The van der Waals surface area contributed by atoms with Gasteiger partial charge < -0.3 is 19.3 Å². The van der Waals surface area contributed by atoms with Crippen LogP contribution in [-0.2, 0) is 0 Å². The Morgan fingerprint density at radius 3 is 2.06 bits per heavy atom. The monoisotopic (exact) mass is 252 g/mol. The molecule has 4 heteroatoms. The van der Waals surface area contributed by atoms with Crippen LogP contribution in [0.25, 0.3) is 0 Å². The minimum Gasteiger partial charge on any atom is -0.493 e. The summed E-state index contributed by atoms with van der Waals surface area (Å²) in [6.07, 6.45) is 2.79. The Bertz CT molecular complexity index is 387. The Morgan fingerprint density at radius 1 is 1.11 bits per heavy atom. The second-order valence-electron chi connectivity index (χ2n) is 4.65. The fraction of sp³-hybridized carbons (Fsp3) is 0.571. The van der Waals surface area contributed by atoms with Gasteiger partial charge in [-0.3, -0.25) is 0 Å². The van der Waals surface area contributed by atoms with Crippen LogP contribution in [0.2, 0.25) is 0 Å². The van der Waals surface area contributed by atoms with Crippen LogP contribution in [0.3, 0.4) is 0 Å². The van der Waals surface area contributed by atoms with Crippen LogP contribution in [0.5, 0.6) is 17.2 Å². The highest BCUT2D eigenvalue weighted by atomic mass is 16.5. The predicted octanol–water partition coefficient (Wildman–Crippen LogP) is 2.55. The molecule has 1 aromatic carbocycles. The number of hydrogen-bond donors (Lipinski definition) is 1. The smallest absolute Gasteiger partial charge is 0.203 e. The minimum atomic E-state index is -0.466. The number of hydrogen-bond acceptors (Lipinski definition) is 4. The average molecular weight is 252 g/mol. The number of aliphatic hydroxyl groups is 1. The van der Waals surface area contributed by atoms with Crippen LogP contribution in [0.4, 0.5) is 0 Å². The van der Waals surface area contributed by atoms with Gasteiger partial charge in [-0.15, -0.1) is 0 Å². The van der Waals surface area contributed by atoms with Crippen LogP contribution in [0.1, 0.15) is 30.9 Å². The fourth-order valence-electron chi connectivity index (χ4n) is 2.10. The van der Waals surface area contributed by atoms with Crippen LogP contribution in [0.15, 0.2) is 12.1 Å². The fourth-order valence-corrected chi connectivity index (χ4v) is 2.10. The van der Waals surface area contributed by atoms with Crippen molar-refractivity contribution in [3.8, 4) is 17.2 Å². The molecule has 100 valence electrons. The Balaban J connectivity index is 2.29. The molecule has 1 N–H and O–H groups in total. The first-order chi connectivity index (χ1) is 8.69. The van der Waals surface area contributed by atoms with Crippen molar-refractivity contribution in [2.45, 2.75) is 25.4 Å². The SMILES string of the molecule is COc1cc(C(O)CC2CC2)cc(OC)c1OC. The largest absolute Gasteiger partial charge is 0.493 e. The molecule has 1 atom stereocenters. The zero-order chi connectivity index (χ0) is 13.1. The van der Waals surface area contributed by atoms with Crippen LogP contribution in [-0.4, -0.2) is 26.4 Å². The van der Waals surface area contributed by atoms with Crippen molar-refractivity contribution in [3.63, 3.8) is 0 Å². The van der Waals surface area contributed by atoms with Gasteiger partial charge in [0.1, 0.15) is 0 Å². The third kappa shape index (κ3) is 2.70. The zero-order valence-electron chi connectivity index (χ0n) is 11.1. The van der Waals surface area contributed by atoms with E-state index in [0.29, 0.717) is 23.2 Å². The van der Waals surface area contributed by atoms with E-state index in [2.05, 4.69) is 0 Å². The normalized spacial score (nSPS) is 16.2. The molecule has 1 fully saturated rings. The molecule has 1 unspecified atom stereocenters. The highest BCUT2D eigenvalue weighted by Gasteiger charge is 2.26. The molecule has 0 aromatic heterocycles. The molecule has 1 aromatic rings. The molecule has 18 heavy (non-hydrogen) atoms. The summed E-state index contributed by atoms with van der Waals surface area (Å²) in [7, 11) is 4.73. The van der Waals surface area contributed by atoms with Crippen molar-refractivity contribution in [2.75, 3.05) is 21.3 Å². The van der Waals surface area contributed by atoms with E-state index in [9.17, 15) is 5.11 Å². The molecule has 1 aliphatic carbocycles. The highest BCUT2D eigenvalue weighted by Crippen LogP contribution is 2.43. The first kappa shape index (κ1) is 13.0. The standard InChI is InChI=1S/C14H20O4/c1-16-12-7-10(11(15)6-9-4-5-9)8-13(17-2)14(12)18-3/h7-9,11,15H,4-6H2,1-3H3. The first-order valence-electron chi connectivity index (χ1n) is 6.17. The maximum Gasteiger partial charge on any atom is 0.203 e. The zero-order valence-corrected chi connectivity index (χ0v) is 11.1. The Hall–Kier alpha value is -1.42. The molecule has 0 saturated heterocycles. The summed E-state index contributed by atoms with van der Waals surface area (Å²) in [6, 6.07) is 3.63. The van der Waals surface area contributed by atoms with Crippen molar-refractivity contribution in [3.05, 3.63) is 17.7 Å². The van der Waals surface area contributed by atoms with E-state index in [1.165, 1.54) is 12.8 Å². The van der Waals surface area contributed by atoms with Crippen LogP contribution in [0, 0.1) is 5.92 Å². The van der Waals surface area contributed by atoms with Gasteiger partial charge in [0.2, 0.25) is 5.75 Å². The van der Waals surface area contributed by atoms with Crippen molar-refractivity contribution in [1.82, 2.24) is 0 Å².